The second kappa shape index (κ2) is 4.67. The van der Waals surface area contributed by atoms with Gasteiger partial charge in [0.1, 0.15) is 0 Å². The molecule has 4 heteroatoms. The first-order chi connectivity index (χ1) is 5.70. The van der Waals surface area contributed by atoms with Crippen molar-refractivity contribution in [3.63, 3.8) is 0 Å². The van der Waals surface area contributed by atoms with E-state index in [-0.39, 0.29) is 12.7 Å². The topological polar surface area (TPSA) is 46.5 Å². The van der Waals surface area contributed by atoms with Crippen molar-refractivity contribution in [3.05, 3.63) is 0 Å². The molecule has 0 heterocycles. The molecule has 1 rings (SSSR count). The standard InChI is InChI=1S/C8H13ClO3/c9-7(8(10)11)5-12-6-3-1-2-4-6/h6-7H,1-5H2,(H,10,11). The number of hydrogen-bond acceptors (Lipinski definition) is 2. The molecule has 1 saturated carbocycles. The van der Waals surface area contributed by atoms with E-state index in [0.717, 1.165) is 12.8 Å². The second-order valence-corrected chi connectivity index (χ2v) is 3.57. The van der Waals surface area contributed by atoms with E-state index in [2.05, 4.69) is 0 Å². The van der Waals surface area contributed by atoms with Crippen molar-refractivity contribution in [3.8, 4) is 0 Å². The largest absolute Gasteiger partial charge is 0.480 e. The van der Waals surface area contributed by atoms with Gasteiger partial charge >= 0.3 is 5.97 Å². The minimum Gasteiger partial charge on any atom is -0.480 e. The highest BCUT2D eigenvalue weighted by Gasteiger charge is 2.19. The molecule has 0 radical (unpaired) electrons. The SMILES string of the molecule is O=C(O)C(Cl)COC1CCCC1. The van der Waals surface area contributed by atoms with Gasteiger partial charge in [-0.15, -0.1) is 11.6 Å². The van der Waals surface area contributed by atoms with Gasteiger partial charge in [0, 0.05) is 0 Å². The van der Waals surface area contributed by atoms with E-state index in [9.17, 15) is 4.79 Å². The lowest BCUT2D eigenvalue weighted by Crippen LogP contribution is -2.22. The summed E-state index contributed by atoms with van der Waals surface area (Å²) < 4.78 is 5.31. The number of hydrogen-bond donors (Lipinski definition) is 1. The Morgan fingerprint density at radius 3 is 2.67 bits per heavy atom. The summed E-state index contributed by atoms with van der Waals surface area (Å²) in [6.45, 7) is 0.127. The summed E-state index contributed by atoms with van der Waals surface area (Å²) >= 11 is 5.47. The Hall–Kier alpha value is -0.280. The van der Waals surface area contributed by atoms with Gasteiger partial charge in [-0.05, 0) is 12.8 Å². The molecule has 3 nitrogen and oxygen atoms in total. The number of rotatable bonds is 4. The maximum absolute atomic E-state index is 10.3. The minimum atomic E-state index is -1.00. The van der Waals surface area contributed by atoms with Crippen LogP contribution in [-0.2, 0) is 9.53 Å². The van der Waals surface area contributed by atoms with Gasteiger partial charge in [-0.1, -0.05) is 12.8 Å². The zero-order chi connectivity index (χ0) is 8.97. The summed E-state index contributed by atoms with van der Waals surface area (Å²) in [6, 6.07) is 0. The van der Waals surface area contributed by atoms with Crippen LogP contribution in [0.3, 0.4) is 0 Å². The summed E-state index contributed by atoms with van der Waals surface area (Å²) in [7, 11) is 0. The van der Waals surface area contributed by atoms with Crippen LogP contribution in [-0.4, -0.2) is 29.2 Å². The molecule has 0 aliphatic heterocycles. The van der Waals surface area contributed by atoms with Gasteiger partial charge in [-0.25, -0.2) is 0 Å². The smallest absolute Gasteiger partial charge is 0.324 e. The molecule has 1 aliphatic carbocycles. The Bertz CT molecular complexity index is 154. The van der Waals surface area contributed by atoms with Crippen molar-refractivity contribution in [2.45, 2.75) is 37.2 Å². The van der Waals surface area contributed by atoms with Crippen LogP contribution in [0.1, 0.15) is 25.7 Å². The molecule has 1 aliphatic rings. The molecule has 0 aromatic carbocycles. The number of ether oxygens (including phenoxy) is 1. The number of aliphatic carboxylic acids is 1. The molecule has 12 heavy (non-hydrogen) atoms. The van der Waals surface area contributed by atoms with Crippen LogP contribution >= 0.6 is 11.6 Å². The van der Waals surface area contributed by atoms with Gasteiger partial charge < -0.3 is 9.84 Å². The zero-order valence-corrected chi connectivity index (χ0v) is 7.59. The molecule has 1 atom stereocenters. The monoisotopic (exact) mass is 192 g/mol. The summed E-state index contributed by atoms with van der Waals surface area (Å²) in [5.74, 6) is -1.00. The molecule has 0 amide bonds. The molecule has 0 aromatic heterocycles. The van der Waals surface area contributed by atoms with Crippen molar-refractivity contribution in [1.29, 1.82) is 0 Å². The molecule has 1 N–H and O–H groups in total. The van der Waals surface area contributed by atoms with E-state index < -0.39 is 11.3 Å². The first-order valence-corrected chi connectivity index (χ1v) is 4.62. The van der Waals surface area contributed by atoms with Gasteiger partial charge in [-0.3, -0.25) is 4.79 Å². The van der Waals surface area contributed by atoms with E-state index in [4.69, 9.17) is 21.4 Å². The Morgan fingerprint density at radius 2 is 2.17 bits per heavy atom. The van der Waals surface area contributed by atoms with Crippen LogP contribution in [0.15, 0.2) is 0 Å². The van der Waals surface area contributed by atoms with Gasteiger partial charge in [0.05, 0.1) is 12.7 Å². The third-order valence-electron chi connectivity index (χ3n) is 2.05. The summed E-state index contributed by atoms with van der Waals surface area (Å²) in [5, 5.41) is 7.55. The first kappa shape index (κ1) is 9.81. The fourth-order valence-corrected chi connectivity index (χ4v) is 1.42. The van der Waals surface area contributed by atoms with E-state index in [1.54, 1.807) is 0 Å². The highest BCUT2D eigenvalue weighted by molar-refractivity contribution is 6.29. The number of carboxylic acid groups (broad SMARTS) is 1. The third kappa shape index (κ3) is 2.99. The lowest BCUT2D eigenvalue weighted by atomic mass is 10.3. The van der Waals surface area contributed by atoms with Gasteiger partial charge in [0.15, 0.2) is 5.38 Å². The van der Waals surface area contributed by atoms with Crippen molar-refractivity contribution in [1.82, 2.24) is 0 Å². The Morgan fingerprint density at radius 1 is 1.58 bits per heavy atom. The fourth-order valence-electron chi connectivity index (χ4n) is 1.35. The number of alkyl halides is 1. The van der Waals surface area contributed by atoms with Crippen molar-refractivity contribution in [2.24, 2.45) is 0 Å². The van der Waals surface area contributed by atoms with Crippen LogP contribution in [0, 0.1) is 0 Å². The van der Waals surface area contributed by atoms with Crippen LogP contribution in [0.5, 0.6) is 0 Å². The average Bonchev–Trinajstić information content (AvgIpc) is 2.51. The van der Waals surface area contributed by atoms with Crippen LogP contribution in [0.2, 0.25) is 0 Å². The zero-order valence-electron chi connectivity index (χ0n) is 6.83. The molecule has 0 aromatic rings. The van der Waals surface area contributed by atoms with Gasteiger partial charge in [0.2, 0.25) is 0 Å². The highest BCUT2D eigenvalue weighted by Crippen LogP contribution is 2.21. The molecular weight excluding hydrogens is 180 g/mol. The van der Waals surface area contributed by atoms with Gasteiger partial charge in [-0.2, -0.15) is 0 Å². The lowest BCUT2D eigenvalue weighted by Gasteiger charge is -2.11. The Labute approximate surface area is 76.7 Å². The molecule has 1 unspecified atom stereocenters. The maximum Gasteiger partial charge on any atom is 0.324 e. The quantitative estimate of drug-likeness (QED) is 0.689. The van der Waals surface area contributed by atoms with Crippen molar-refractivity contribution >= 4 is 17.6 Å². The number of carbonyl (C=O) groups is 1. The van der Waals surface area contributed by atoms with E-state index in [0.29, 0.717) is 0 Å². The average molecular weight is 193 g/mol. The Balaban J connectivity index is 2.11. The summed E-state index contributed by atoms with van der Waals surface area (Å²) in [4.78, 5) is 10.3. The van der Waals surface area contributed by atoms with Gasteiger partial charge in [0.25, 0.3) is 0 Å². The third-order valence-corrected chi connectivity index (χ3v) is 2.36. The molecule has 0 bridgehead atoms. The predicted octanol–water partition coefficient (Wildman–Crippen LogP) is 1.64. The van der Waals surface area contributed by atoms with Crippen LogP contribution in [0.25, 0.3) is 0 Å². The maximum atomic E-state index is 10.3. The highest BCUT2D eigenvalue weighted by atomic mass is 35.5. The van der Waals surface area contributed by atoms with E-state index >= 15 is 0 Å². The Kier molecular flexibility index (Phi) is 3.82. The molecule has 0 spiro atoms. The lowest BCUT2D eigenvalue weighted by molar-refractivity contribution is -0.138. The van der Waals surface area contributed by atoms with Crippen LogP contribution in [0.4, 0.5) is 0 Å². The number of halogens is 1. The molecule has 70 valence electrons. The van der Waals surface area contributed by atoms with Crippen molar-refractivity contribution < 1.29 is 14.6 Å². The summed E-state index contributed by atoms with van der Waals surface area (Å²) in [5.41, 5.74) is 0. The summed E-state index contributed by atoms with van der Waals surface area (Å²) in [6.07, 6.45) is 4.70. The number of carboxylic acids is 1. The second-order valence-electron chi connectivity index (χ2n) is 3.05. The van der Waals surface area contributed by atoms with Crippen LogP contribution < -0.4 is 0 Å². The molecular formula is C8H13ClO3. The van der Waals surface area contributed by atoms with E-state index in [1.165, 1.54) is 12.8 Å². The normalized spacial score (nSPS) is 21.1. The fraction of sp³-hybridized carbons (Fsp3) is 0.875. The minimum absolute atomic E-state index is 0.127. The molecule has 1 fully saturated rings. The first-order valence-electron chi connectivity index (χ1n) is 4.18. The van der Waals surface area contributed by atoms with E-state index in [1.807, 2.05) is 0 Å². The van der Waals surface area contributed by atoms with Crippen molar-refractivity contribution in [2.75, 3.05) is 6.61 Å². The molecule has 0 saturated heterocycles. The predicted molar refractivity (Wildman–Crippen MR) is 45.5 cm³/mol.